The molecule has 0 unspecified atom stereocenters. The van der Waals surface area contributed by atoms with E-state index in [0.29, 0.717) is 35.4 Å². The van der Waals surface area contributed by atoms with Crippen molar-refractivity contribution in [3.63, 3.8) is 0 Å². The standard InChI is InChI=1S/C33H40ClN3O6/c1-20-30(38)36(17-21-7-11-23(34)12-8-21)29-24-15-27-28(43-19-42-27)16-25(24)37(32(40)33(2,3)4)26(29)18-41-14-6-5-13-35(20)31(39)22-9-10-22/h7-8,11-12,15-16,20,22,26,29H,5-6,9-10,13-14,17-19H2,1-4H3/t20-,26+,29-/m0/s1. The fourth-order valence-corrected chi connectivity index (χ4v) is 6.43. The molecule has 9 nitrogen and oxygen atoms in total. The summed E-state index contributed by atoms with van der Waals surface area (Å²) in [4.78, 5) is 47.8. The van der Waals surface area contributed by atoms with Gasteiger partial charge < -0.3 is 28.9 Å². The van der Waals surface area contributed by atoms with E-state index in [1.165, 1.54) is 0 Å². The van der Waals surface area contributed by atoms with E-state index in [0.717, 1.165) is 36.8 Å². The number of halogens is 1. The number of nitrogens with zero attached hydrogens (tertiary/aromatic N) is 3. The third kappa shape index (κ3) is 5.81. The zero-order valence-corrected chi connectivity index (χ0v) is 26.1. The molecule has 10 heteroatoms. The Morgan fingerprint density at radius 2 is 1.72 bits per heavy atom. The molecular formula is C33H40ClN3O6. The Bertz CT molecular complexity index is 1400. The van der Waals surface area contributed by atoms with Crippen LogP contribution in [0.2, 0.25) is 5.02 Å². The van der Waals surface area contributed by atoms with Crippen molar-refractivity contribution in [3.8, 4) is 11.5 Å². The normalized spacial score (nSPS) is 24.3. The molecule has 1 saturated heterocycles. The number of anilines is 1. The van der Waals surface area contributed by atoms with Crippen LogP contribution in [-0.2, 0) is 25.7 Å². The molecule has 3 heterocycles. The van der Waals surface area contributed by atoms with Crippen LogP contribution in [0.15, 0.2) is 36.4 Å². The van der Waals surface area contributed by atoms with Gasteiger partial charge in [-0.05, 0) is 56.4 Å². The van der Waals surface area contributed by atoms with Crippen LogP contribution in [0.1, 0.15) is 70.5 Å². The van der Waals surface area contributed by atoms with Crippen molar-refractivity contribution in [1.29, 1.82) is 0 Å². The maximum atomic E-state index is 14.8. The first-order chi connectivity index (χ1) is 20.5. The van der Waals surface area contributed by atoms with Crippen LogP contribution >= 0.6 is 11.6 Å². The van der Waals surface area contributed by atoms with Gasteiger partial charge >= 0.3 is 0 Å². The topological polar surface area (TPSA) is 88.6 Å². The average molecular weight is 610 g/mol. The molecule has 0 N–H and O–H groups in total. The average Bonchev–Trinajstić information content (AvgIpc) is 3.65. The van der Waals surface area contributed by atoms with Gasteiger partial charge in [0.2, 0.25) is 24.5 Å². The number of hydrogen-bond acceptors (Lipinski definition) is 6. The first kappa shape index (κ1) is 29.8. The Morgan fingerprint density at radius 1 is 1.02 bits per heavy atom. The number of rotatable bonds is 3. The maximum Gasteiger partial charge on any atom is 0.245 e. The van der Waals surface area contributed by atoms with Crippen LogP contribution in [0.4, 0.5) is 5.69 Å². The first-order valence-electron chi connectivity index (χ1n) is 15.2. The molecule has 0 radical (unpaired) electrons. The molecule has 4 aliphatic rings. The number of hydrogen-bond donors (Lipinski definition) is 0. The third-order valence-corrected chi connectivity index (χ3v) is 9.05. The maximum absolute atomic E-state index is 14.8. The number of benzene rings is 2. The van der Waals surface area contributed by atoms with Crippen LogP contribution in [0.25, 0.3) is 0 Å². The molecule has 1 saturated carbocycles. The lowest BCUT2D eigenvalue weighted by Crippen LogP contribution is -2.55. The van der Waals surface area contributed by atoms with Gasteiger partial charge in [-0.15, -0.1) is 0 Å². The minimum absolute atomic E-state index is 0.0105. The Morgan fingerprint density at radius 3 is 2.40 bits per heavy atom. The Kier molecular flexibility index (Phi) is 8.07. The highest BCUT2D eigenvalue weighted by atomic mass is 35.5. The lowest BCUT2D eigenvalue weighted by molar-refractivity contribution is -0.149. The molecule has 3 atom stereocenters. The molecule has 2 aromatic rings. The summed E-state index contributed by atoms with van der Waals surface area (Å²) in [5, 5.41) is 0.602. The van der Waals surface area contributed by atoms with Crippen LogP contribution in [-0.4, -0.2) is 66.2 Å². The lowest BCUT2D eigenvalue weighted by Gasteiger charge is -2.40. The van der Waals surface area contributed by atoms with Crippen LogP contribution in [0.3, 0.4) is 0 Å². The quantitative estimate of drug-likeness (QED) is 0.467. The van der Waals surface area contributed by atoms with Gasteiger partial charge in [-0.1, -0.05) is 44.5 Å². The predicted octanol–water partition coefficient (Wildman–Crippen LogP) is 5.34. The summed E-state index contributed by atoms with van der Waals surface area (Å²) in [5.74, 6) is 0.924. The molecule has 2 fully saturated rings. The van der Waals surface area contributed by atoms with Gasteiger partial charge in [-0.3, -0.25) is 14.4 Å². The van der Waals surface area contributed by atoms with Gasteiger partial charge in [0.05, 0.1) is 24.4 Å². The van der Waals surface area contributed by atoms with Crippen molar-refractivity contribution in [2.45, 2.75) is 78.0 Å². The summed E-state index contributed by atoms with van der Waals surface area (Å²) in [7, 11) is 0. The van der Waals surface area contributed by atoms with E-state index in [2.05, 4.69) is 0 Å². The molecule has 43 heavy (non-hydrogen) atoms. The molecule has 0 spiro atoms. The van der Waals surface area contributed by atoms with E-state index in [1.54, 1.807) is 21.9 Å². The SMILES string of the molecule is C[C@H]1C(=O)N(Cc2ccc(Cl)cc2)[C@H]2c3cc4c(cc3N(C(=O)C(C)(C)C)[C@@H]2COCCCCN1C(=O)C1CC1)OCO4. The van der Waals surface area contributed by atoms with Crippen LogP contribution in [0, 0.1) is 11.3 Å². The van der Waals surface area contributed by atoms with E-state index in [1.807, 2.05) is 56.9 Å². The van der Waals surface area contributed by atoms with E-state index in [4.69, 9.17) is 25.8 Å². The Labute approximate surface area is 258 Å². The van der Waals surface area contributed by atoms with Gasteiger partial charge in [-0.2, -0.15) is 0 Å². The van der Waals surface area contributed by atoms with E-state index >= 15 is 0 Å². The van der Waals surface area contributed by atoms with Gasteiger partial charge in [0.15, 0.2) is 11.5 Å². The smallest absolute Gasteiger partial charge is 0.245 e. The third-order valence-electron chi connectivity index (χ3n) is 8.80. The summed E-state index contributed by atoms with van der Waals surface area (Å²) in [6, 6.07) is 9.44. The molecule has 2 aromatic carbocycles. The van der Waals surface area contributed by atoms with Crippen molar-refractivity contribution < 1.29 is 28.6 Å². The molecule has 230 valence electrons. The largest absolute Gasteiger partial charge is 0.454 e. The second-order valence-corrected chi connectivity index (χ2v) is 13.5. The summed E-state index contributed by atoms with van der Waals surface area (Å²) < 4.78 is 17.8. The molecule has 3 amide bonds. The number of ether oxygens (including phenoxy) is 3. The minimum atomic E-state index is -0.696. The number of fused-ring (bicyclic) bond motifs is 4. The Hall–Kier alpha value is -3.30. The summed E-state index contributed by atoms with van der Waals surface area (Å²) in [6.45, 7) is 9.11. The number of carbonyl (C=O) groups excluding carboxylic acids is 3. The fraction of sp³-hybridized carbons (Fsp3) is 0.545. The molecular weight excluding hydrogens is 570 g/mol. The highest BCUT2D eigenvalue weighted by Crippen LogP contribution is 2.51. The monoisotopic (exact) mass is 609 g/mol. The highest BCUT2D eigenvalue weighted by molar-refractivity contribution is 6.30. The highest BCUT2D eigenvalue weighted by Gasteiger charge is 2.50. The summed E-state index contributed by atoms with van der Waals surface area (Å²) in [5.41, 5.74) is 1.67. The second kappa shape index (κ2) is 11.7. The van der Waals surface area contributed by atoms with Crippen molar-refractivity contribution in [2.24, 2.45) is 11.3 Å². The lowest BCUT2D eigenvalue weighted by atomic mass is 9.93. The van der Waals surface area contributed by atoms with Crippen molar-refractivity contribution in [2.75, 3.05) is 31.5 Å². The fourth-order valence-electron chi connectivity index (χ4n) is 6.31. The van der Waals surface area contributed by atoms with Crippen molar-refractivity contribution >= 4 is 35.0 Å². The molecule has 0 aromatic heterocycles. The van der Waals surface area contributed by atoms with Crippen LogP contribution < -0.4 is 14.4 Å². The van der Waals surface area contributed by atoms with Crippen molar-refractivity contribution in [1.82, 2.24) is 9.80 Å². The number of amides is 3. The zero-order chi connectivity index (χ0) is 30.5. The minimum Gasteiger partial charge on any atom is -0.454 e. The zero-order valence-electron chi connectivity index (χ0n) is 25.3. The van der Waals surface area contributed by atoms with Gasteiger partial charge in [0, 0.05) is 47.7 Å². The second-order valence-electron chi connectivity index (χ2n) is 13.1. The molecule has 1 aliphatic carbocycles. The summed E-state index contributed by atoms with van der Waals surface area (Å²) >= 11 is 6.21. The molecule has 6 rings (SSSR count). The summed E-state index contributed by atoms with van der Waals surface area (Å²) in [6.07, 6.45) is 3.21. The van der Waals surface area contributed by atoms with E-state index in [9.17, 15) is 14.4 Å². The van der Waals surface area contributed by atoms with E-state index < -0.39 is 23.5 Å². The van der Waals surface area contributed by atoms with Crippen LogP contribution in [0.5, 0.6) is 11.5 Å². The number of carbonyl (C=O) groups is 3. The predicted molar refractivity (Wildman–Crippen MR) is 162 cm³/mol. The molecule has 3 aliphatic heterocycles. The van der Waals surface area contributed by atoms with E-state index in [-0.39, 0.29) is 43.6 Å². The van der Waals surface area contributed by atoms with Gasteiger partial charge in [0.1, 0.15) is 6.04 Å². The van der Waals surface area contributed by atoms with Gasteiger partial charge in [0.25, 0.3) is 0 Å². The first-order valence-corrected chi connectivity index (χ1v) is 15.6. The van der Waals surface area contributed by atoms with Gasteiger partial charge in [-0.25, -0.2) is 0 Å². The van der Waals surface area contributed by atoms with Crippen molar-refractivity contribution in [3.05, 3.63) is 52.5 Å². The molecule has 0 bridgehead atoms. The Balaban J connectivity index is 1.50.